The highest BCUT2D eigenvalue weighted by Gasteiger charge is 2.01. The van der Waals surface area contributed by atoms with Crippen LogP contribution in [-0.4, -0.2) is 19.6 Å². The summed E-state index contributed by atoms with van der Waals surface area (Å²) in [6, 6.07) is 17.8. The van der Waals surface area contributed by atoms with Crippen molar-refractivity contribution >= 4 is 5.91 Å². The average Bonchev–Trinajstić information content (AvgIpc) is 2.58. The molecule has 2 aromatic rings. The second-order valence-corrected chi connectivity index (χ2v) is 5.04. The zero-order chi connectivity index (χ0) is 15.6. The Morgan fingerprint density at radius 3 is 2.32 bits per heavy atom. The van der Waals surface area contributed by atoms with Gasteiger partial charge in [-0.3, -0.25) is 4.79 Å². The number of methoxy groups -OCH3 is 1. The third kappa shape index (κ3) is 5.58. The lowest BCUT2D eigenvalue weighted by Gasteiger charge is -2.07. The molecule has 4 nitrogen and oxygen atoms in total. The van der Waals surface area contributed by atoms with Crippen LogP contribution in [0.15, 0.2) is 54.6 Å². The van der Waals surface area contributed by atoms with Gasteiger partial charge in [0.2, 0.25) is 5.91 Å². The van der Waals surface area contributed by atoms with Gasteiger partial charge in [0.05, 0.1) is 7.11 Å². The molecule has 0 heterocycles. The van der Waals surface area contributed by atoms with Gasteiger partial charge in [0, 0.05) is 26.1 Å². The Balaban J connectivity index is 1.61. The Labute approximate surface area is 131 Å². The lowest BCUT2D eigenvalue weighted by molar-refractivity contribution is -0.121. The van der Waals surface area contributed by atoms with Crippen molar-refractivity contribution in [3.05, 3.63) is 65.7 Å². The first-order valence-corrected chi connectivity index (χ1v) is 7.42. The van der Waals surface area contributed by atoms with Gasteiger partial charge in [-0.1, -0.05) is 42.5 Å². The fourth-order valence-corrected chi connectivity index (χ4v) is 2.06. The molecule has 0 aromatic heterocycles. The Morgan fingerprint density at radius 1 is 0.955 bits per heavy atom. The van der Waals surface area contributed by atoms with Crippen LogP contribution in [0.1, 0.15) is 17.5 Å². The molecule has 0 saturated carbocycles. The fourth-order valence-electron chi connectivity index (χ4n) is 2.06. The normalized spacial score (nSPS) is 10.2. The first-order chi connectivity index (χ1) is 10.8. The van der Waals surface area contributed by atoms with Crippen LogP contribution in [0.4, 0.5) is 0 Å². The molecule has 2 aromatic carbocycles. The van der Waals surface area contributed by atoms with Gasteiger partial charge in [-0.25, -0.2) is 0 Å². The highest BCUT2D eigenvalue weighted by atomic mass is 16.5. The first kappa shape index (κ1) is 16.0. The molecule has 0 saturated heterocycles. The molecule has 22 heavy (non-hydrogen) atoms. The molecular formula is C18H22N2O2. The number of hydrogen-bond acceptors (Lipinski definition) is 3. The van der Waals surface area contributed by atoms with Crippen LogP contribution in [0.25, 0.3) is 0 Å². The number of amides is 1. The number of nitrogens with one attached hydrogen (secondary N) is 2. The number of carbonyl (C=O) groups is 1. The zero-order valence-corrected chi connectivity index (χ0v) is 12.8. The summed E-state index contributed by atoms with van der Waals surface area (Å²) >= 11 is 0. The summed E-state index contributed by atoms with van der Waals surface area (Å²) in [4.78, 5) is 11.8. The summed E-state index contributed by atoms with van der Waals surface area (Å²) in [5, 5.41) is 6.18. The highest BCUT2D eigenvalue weighted by molar-refractivity contribution is 5.76. The largest absolute Gasteiger partial charge is 0.497 e. The van der Waals surface area contributed by atoms with Crippen molar-refractivity contribution in [1.29, 1.82) is 0 Å². The van der Waals surface area contributed by atoms with Gasteiger partial charge in [-0.2, -0.15) is 0 Å². The van der Waals surface area contributed by atoms with E-state index in [4.69, 9.17) is 4.74 Å². The van der Waals surface area contributed by atoms with E-state index < -0.39 is 0 Å². The van der Waals surface area contributed by atoms with Crippen molar-refractivity contribution in [2.45, 2.75) is 19.5 Å². The molecule has 0 spiro atoms. The molecule has 0 atom stereocenters. The van der Waals surface area contributed by atoms with Crippen LogP contribution in [0.3, 0.4) is 0 Å². The van der Waals surface area contributed by atoms with Crippen LogP contribution in [0.2, 0.25) is 0 Å². The standard InChI is InChI=1S/C18H22N2O2/c1-22-17-9-7-16(8-10-17)14-20-18(21)11-12-19-13-15-5-3-2-4-6-15/h2-10,19H,11-14H2,1H3,(H,20,21). The van der Waals surface area contributed by atoms with Gasteiger partial charge < -0.3 is 15.4 Å². The summed E-state index contributed by atoms with van der Waals surface area (Å²) in [5.74, 6) is 0.872. The molecule has 1 amide bonds. The van der Waals surface area contributed by atoms with Crippen molar-refractivity contribution in [2.75, 3.05) is 13.7 Å². The van der Waals surface area contributed by atoms with Gasteiger partial charge in [-0.15, -0.1) is 0 Å². The molecule has 0 fully saturated rings. The molecule has 0 aliphatic heterocycles. The first-order valence-electron chi connectivity index (χ1n) is 7.42. The van der Waals surface area contributed by atoms with Gasteiger partial charge in [0.15, 0.2) is 0 Å². The smallest absolute Gasteiger partial charge is 0.221 e. The lowest BCUT2D eigenvalue weighted by Crippen LogP contribution is -2.27. The van der Waals surface area contributed by atoms with E-state index in [-0.39, 0.29) is 5.91 Å². The van der Waals surface area contributed by atoms with Crippen LogP contribution < -0.4 is 15.4 Å². The van der Waals surface area contributed by atoms with E-state index in [0.29, 0.717) is 19.5 Å². The van der Waals surface area contributed by atoms with Gasteiger partial charge >= 0.3 is 0 Å². The van der Waals surface area contributed by atoms with Crippen molar-refractivity contribution < 1.29 is 9.53 Å². The molecular weight excluding hydrogens is 276 g/mol. The highest BCUT2D eigenvalue weighted by Crippen LogP contribution is 2.10. The summed E-state index contributed by atoms with van der Waals surface area (Å²) in [5.41, 5.74) is 2.28. The monoisotopic (exact) mass is 298 g/mol. The van der Waals surface area contributed by atoms with Crippen LogP contribution in [0.5, 0.6) is 5.75 Å². The van der Waals surface area contributed by atoms with E-state index >= 15 is 0 Å². The third-order valence-electron chi connectivity index (χ3n) is 3.35. The quantitative estimate of drug-likeness (QED) is 0.736. The minimum Gasteiger partial charge on any atom is -0.497 e. The maximum atomic E-state index is 11.8. The number of rotatable bonds is 8. The Morgan fingerprint density at radius 2 is 1.64 bits per heavy atom. The molecule has 0 aliphatic carbocycles. The number of hydrogen-bond donors (Lipinski definition) is 2. The van der Waals surface area contributed by atoms with E-state index in [2.05, 4.69) is 22.8 Å². The third-order valence-corrected chi connectivity index (χ3v) is 3.35. The van der Waals surface area contributed by atoms with Crippen molar-refractivity contribution in [3.8, 4) is 5.75 Å². The van der Waals surface area contributed by atoms with E-state index in [1.54, 1.807) is 7.11 Å². The predicted molar refractivity (Wildman–Crippen MR) is 87.6 cm³/mol. The summed E-state index contributed by atoms with van der Waals surface area (Å²) in [6.45, 7) is 2.00. The summed E-state index contributed by atoms with van der Waals surface area (Å²) in [6.07, 6.45) is 0.475. The minimum absolute atomic E-state index is 0.0522. The van der Waals surface area contributed by atoms with Gasteiger partial charge in [-0.05, 0) is 23.3 Å². The molecule has 0 radical (unpaired) electrons. The molecule has 4 heteroatoms. The molecule has 0 bridgehead atoms. The predicted octanol–water partition coefficient (Wildman–Crippen LogP) is 2.49. The van der Waals surface area contributed by atoms with E-state index in [0.717, 1.165) is 17.9 Å². The maximum Gasteiger partial charge on any atom is 0.221 e. The fraction of sp³-hybridized carbons (Fsp3) is 0.278. The second-order valence-electron chi connectivity index (χ2n) is 5.04. The van der Waals surface area contributed by atoms with E-state index in [9.17, 15) is 4.79 Å². The van der Waals surface area contributed by atoms with Crippen LogP contribution >= 0.6 is 0 Å². The Bertz CT molecular complexity index is 567. The molecule has 0 aliphatic rings. The number of benzene rings is 2. The van der Waals surface area contributed by atoms with E-state index in [1.807, 2.05) is 42.5 Å². The van der Waals surface area contributed by atoms with Crippen LogP contribution in [-0.2, 0) is 17.9 Å². The van der Waals surface area contributed by atoms with Crippen molar-refractivity contribution in [2.24, 2.45) is 0 Å². The second kappa shape index (κ2) is 8.85. The Kier molecular flexibility index (Phi) is 6.45. The maximum absolute atomic E-state index is 11.8. The molecule has 2 rings (SSSR count). The van der Waals surface area contributed by atoms with E-state index in [1.165, 1.54) is 5.56 Å². The van der Waals surface area contributed by atoms with Crippen molar-refractivity contribution in [3.63, 3.8) is 0 Å². The number of carbonyl (C=O) groups excluding carboxylic acids is 1. The molecule has 116 valence electrons. The summed E-state index contributed by atoms with van der Waals surface area (Å²) < 4.78 is 5.10. The topological polar surface area (TPSA) is 50.4 Å². The van der Waals surface area contributed by atoms with Gasteiger partial charge in [0.1, 0.15) is 5.75 Å². The van der Waals surface area contributed by atoms with Gasteiger partial charge in [0.25, 0.3) is 0 Å². The zero-order valence-electron chi connectivity index (χ0n) is 12.8. The van der Waals surface area contributed by atoms with Crippen LogP contribution in [0, 0.1) is 0 Å². The molecule has 2 N–H and O–H groups in total. The molecule has 0 unspecified atom stereocenters. The minimum atomic E-state index is 0.0522. The number of ether oxygens (including phenoxy) is 1. The average molecular weight is 298 g/mol. The SMILES string of the molecule is COc1ccc(CNC(=O)CCNCc2ccccc2)cc1. The lowest BCUT2D eigenvalue weighted by atomic mass is 10.2. The Hall–Kier alpha value is -2.33. The van der Waals surface area contributed by atoms with Crippen molar-refractivity contribution in [1.82, 2.24) is 10.6 Å². The summed E-state index contributed by atoms with van der Waals surface area (Å²) in [7, 11) is 1.64.